The highest BCUT2D eigenvalue weighted by molar-refractivity contribution is 5.82. The number of benzene rings is 1. The van der Waals surface area contributed by atoms with Gasteiger partial charge in [0, 0.05) is 23.7 Å². The van der Waals surface area contributed by atoms with Crippen LogP contribution in [0.1, 0.15) is 25.8 Å². The molecule has 15 heavy (non-hydrogen) atoms. The van der Waals surface area contributed by atoms with Crippen LogP contribution in [0.3, 0.4) is 0 Å². The zero-order valence-corrected chi connectivity index (χ0v) is 9.46. The largest absolute Gasteiger partial charge is 0.396 e. The lowest BCUT2D eigenvalue weighted by atomic mass is 10.1. The van der Waals surface area contributed by atoms with Gasteiger partial charge < -0.3 is 10.1 Å². The van der Waals surface area contributed by atoms with Gasteiger partial charge >= 0.3 is 0 Å². The summed E-state index contributed by atoms with van der Waals surface area (Å²) in [6.07, 6.45) is 3.81. The standard InChI is InChI=1S/C11H13NO.C2H6/c13-7-3-4-9-8-12-11-6-2-1-5-10(9)11;1-2/h1-2,5-6,8,12-13H,3-4,7H2;1-2H3. The molecule has 1 aromatic heterocycles. The van der Waals surface area contributed by atoms with Crippen LogP contribution in [0.2, 0.25) is 0 Å². The lowest BCUT2D eigenvalue weighted by Gasteiger charge is -1.95. The summed E-state index contributed by atoms with van der Waals surface area (Å²) in [5.74, 6) is 0. The minimum Gasteiger partial charge on any atom is -0.396 e. The van der Waals surface area contributed by atoms with Crippen molar-refractivity contribution in [2.24, 2.45) is 0 Å². The lowest BCUT2D eigenvalue weighted by molar-refractivity contribution is 0.289. The molecule has 2 heteroatoms. The van der Waals surface area contributed by atoms with Crippen molar-refractivity contribution in [2.45, 2.75) is 26.7 Å². The van der Waals surface area contributed by atoms with Crippen molar-refractivity contribution >= 4 is 10.9 Å². The van der Waals surface area contributed by atoms with Crippen LogP contribution in [0.15, 0.2) is 30.5 Å². The van der Waals surface area contributed by atoms with E-state index in [0.29, 0.717) is 0 Å². The van der Waals surface area contributed by atoms with Crippen molar-refractivity contribution in [3.63, 3.8) is 0 Å². The van der Waals surface area contributed by atoms with Crippen LogP contribution in [-0.4, -0.2) is 16.7 Å². The van der Waals surface area contributed by atoms with Gasteiger partial charge in [0.25, 0.3) is 0 Å². The summed E-state index contributed by atoms with van der Waals surface area (Å²) in [4.78, 5) is 3.22. The van der Waals surface area contributed by atoms with Gasteiger partial charge in [0.05, 0.1) is 0 Å². The molecule has 2 nitrogen and oxygen atoms in total. The normalized spacial score (nSPS) is 9.80. The van der Waals surface area contributed by atoms with Crippen molar-refractivity contribution in [3.8, 4) is 0 Å². The van der Waals surface area contributed by atoms with E-state index in [9.17, 15) is 0 Å². The Hall–Kier alpha value is -1.28. The Morgan fingerprint density at radius 1 is 1.20 bits per heavy atom. The lowest BCUT2D eigenvalue weighted by Crippen LogP contribution is -1.87. The number of para-hydroxylation sites is 1. The Labute approximate surface area is 90.9 Å². The maximum absolute atomic E-state index is 8.73. The number of hydrogen-bond donors (Lipinski definition) is 2. The summed E-state index contributed by atoms with van der Waals surface area (Å²) in [7, 11) is 0. The van der Waals surface area contributed by atoms with Crippen molar-refractivity contribution in [2.75, 3.05) is 6.61 Å². The third kappa shape index (κ3) is 2.83. The first kappa shape index (κ1) is 11.8. The second-order valence-electron chi connectivity index (χ2n) is 3.19. The second kappa shape index (κ2) is 6.25. The number of nitrogens with one attached hydrogen (secondary N) is 1. The minimum atomic E-state index is 0.263. The predicted molar refractivity (Wildman–Crippen MR) is 65.1 cm³/mol. The maximum Gasteiger partial charge on any atom is 0.0456 e. The van der Waals surface area contributed by atoms with E-state index in [0.717, 1.165) is 12.8 Å². The zero-order chi connectivity index (χ0) is 11.1. The fourth-order valence-electron chi connectivity index (χ4n) is 1.61. The minimum absolute atomic E-state index is 0.263. The average Bonchev–Trinajstić information content (AvgIpc) is 2.72. The number of aromatic amines is 1. The van der Waals surface area contributed by atoms with Gasteiger partial charge in [-0.05, 0) is 24.5 Å². The summed E-state index contributed by atoms with van der Waals surface area (Å²) in [6.45, 7) is 4.26. The molecule has 0 fully saturated rings. The number of aliphatic hydroxyl groups excluding tert-OH is 1. The van der Waals surface area contributed by atoms with E-state index in [1.165, 1.54) is 16.5 Å². The van der Waals surface area contributed by atoms with Gasteiger partial charge in [-0.3, -0.25) is 0 Å². The molecule has 0 amide bonds. The number of fused-ring (bicyclic) bond motifs is 1. The molecule has 1 aromatic carbocycles. The van der Waals surface area contributed by atoms with Gasteiger partial charge in [-0.1, -0.05) is 32.0 Å². The van der Waals surface area contributed by atoms with Crippen LogP contribution in [0.4, 0.5) is 0 Å². The number of rotatable bonds is 3. The molecule has 0 unspecified atom stereocenters. The molecule has 2 N–H and O–H groups in total. The third-order valence-corrected chi connectivity index (χ3v) is 2.28. The molecule has 0 aliphatic carbocycles. The highest BCUT2D eigenvalue weighted by Gasteiger charge is 2.00. The van der Waals surface area contributed by atoms with Gasteiger partial charge in [-0.15, -0.1) is 0 Å². The molecule has 0 aliphatic rings. The molecule has 0 saturated carbocycles. The highest BCUT2D eigenvalue weighted by Crippen LogP contribution is 2.18. The molecule has 0 bridgehead atoms. The summed E-state index contributed by atoms with van der Waals surface area (Å²) in [5, 5.41) is 10.0. The monoisotopic (exact) mass is 205 g/mol. The van der Waals surface area contributed by atoms with Crippen LogP contribution in [-0.2, 0) is 6.42 Å². The van der Waals surface area contributed by atoms with E-state index in [4.69, 9.17) is 5.11 Å². The van der Waals surface area contributed by atoms with Crippen molar-refractivity contribution in [3.05, 3.63) is 36.0 Å². The SMILES string of the molecule is CC.OCCCc1c[nH]c2ccccc12. The van der Waals surface area contributed by atoms with Crippen LogP contribution >= 0.6 is 0 Å². The molecule has 0 spiro atoms. The topological polar surface area (TPSA) is 36.0 Å². The first-order chi connectivity index (χ1) is 7.42. The number of aliphatic hydroxyl groups is 1. The summed E-state index contributed by atoms with van der Waals surface area (Å²) in [6, 6.07) is 8.24. The fraction of sp³-hybridized carbons (Fsp3) is 0.385. The molecule has 0 aliphatic heterocycles. The second-order valence-corrected chi connectivity index (χ2v) is 3.19. The smallest absolute Gasteiger partial charge is 0.0456 e. The number of hydrogen-bond acceptors (Lipinski definition) is 1. The molecule has 0 saturated heterocycles. The van der Waals surface area contributed by atoms with Gasteiger partial charge in [0.15, 0.2) is 0 Å². The van der Waals surface area contributed by atoms with Crippen LogP contribution < -0.4 is 0 Å². The Morgan fingerprint density at radius 3 is 2.67 bits per heavy atom. The molecule has 82 valence electrons. The van der Waals surface area contributed by atoms with E-state index in [2.05, 4.69) is 17.1 Å². The maximum atomic E-state index is 8.73. The average molecular weight is 205 g/mol. The Kier molecular flexibility index (Phi) is 4.91. The van der Waals surface area contributed by atoms with Crippen molar-refractivity contribution in [1.29, 1.82) is 0 Å². The van der Waals surface area contributed by atoms with E-state index in [-0.39, 0.29) is 6.61 Å². The fourth-order valence-corrected chi connectivity index (χ4v) is 1.61. The molecule has 1 heterocycles. The van der Waals surface area contributed by atoms with Crippen molar-refractivity contribution in [1.82, 2.24) is 4.98 Å². The molecule has 2 aromatic rings. The Balaban J connectivity index is 0.000000531. The summed E-state index contributed by atoms with van der Waals surface area (Å²) < 4.78 is 0. The van der Waals surface area contributed by atoms with Crippen LogP contribution in [0.5, 0.6) is 0 Å². The molecule has 0 radical (unpaired) electrons. The van der Waals surface area contributed by atoms with Gasteiger partial charge in [-0.2, -0.15) is 0 Å². The van der Waals surface area contributed by atoms with E-state index < -0.39 is 0 Å². The molecule has 2 rings (SSSR count). The van der Waals surface area contributed by atoms with Crippen LogP contribution in [0, 0.1) is 0 Å². The van der Waals surface area contributed by atoms with Crippen molar-refractivity contribution < 1.29 is 5.11 Å². The summed E-state index contributed by atoms with van der Waals surface area (Å²) >= 11 is 0. The highest BCUT2D eigenvalue weighted by atomic mass is 16.2. The molecule has 0 atom stereocenters. The number of H-pyrrole nitrogens is 1. The first-order valence-corrected chi connectivity index (χ1v) is 5.57. The Morgan fingerprint density at radius 2 is 1.93 bits per heavy atom. The third-order valence-electron chi connectivity index (χ3n) is 2.28. The van der Waals surface area contributed by atoms with Gasteiger partial charge in [0.1, 0.15) is 0 Å². The van der Waals surface area contributed by atoms with Gasteiger partial charge in [-0.25, -0.2) is 0 Å². The van der Waals surface area contributed by atoms with E-state index in [1.54, 1.807) is 0 Å². The van der Waals surface area contributed by atoms with E-state index >= 15 is 0 Å². The quantitative estimate of drug-likeness (QED) is 0.793. The summed E-state index contributed by atoms with van der Waals surface area (Å²) in [5.41, 5.74) is 2.47. The predicted octanol–water partition coefficient (Wildman–Crippen LogP) is 3.12. The Bertz CT molecular complexity index is 392. The van der Waals surface area contributed by atoms with E-state index in [1.807, 2.05) is 32.2 Å². The zero-order valence-electron chi connectivity index (χ0n) is 9.46. The molecular weight excluding hydrogens is 186 g/mol. The number of aryl methyl sites for hydroxylation is 1. The van der Waals surface area contributed by atoms with Gasteiger partial charge in [0.2, 0.25) is 0 Å². The number of aromatic nitrogens is 1. The molecular formula is C13H19NO. The van der Waals surface area contributed by atoms with Crippen LogP contribution in [0.25, 0.3) is 10.9 Å². The first-order valence-electron chi connectivity index (χ1n) is 5.57.